The van der Waals surface area contributed by atoms with E-state index < -0.39 is 0 Å². The zero-order valence-corrected chi connectivity index (χ0v) is 13.6. The van der Waals surface area contributed by atoms with E-state index in [1.165, 1.54) is 0 Å². The largest absolute Gasteiger partial charge is 0.497 e. The summed E-state index contributed by atoms with van der Waals surface area (Å²) in [5, 5.41) is 0.499. The highest BCUT2D eigenvalue weighted by Gasteiger charge is 2.12. The molecule has 0 unspecified atom stereocenters. The number of aromatic nitrogens is 2. The van der Waals surface area contributed by atoms with Gasteiger partial charge in [0.1, 0.15) is 5.75 Å². The predicted molar refractivity (Wildman–Crippen MR) is 92.7 cm³/mol. The highest BCUT2D eigenvalue weighted by atomic mass is 16.5. The Morgan fingerprint density at radius 3 is 2.79 bits per heavy atom. The van der Waals surface area contributed by atoms with Gasteiger partial charge in [0, 0.05) is 6.42 Å². The molecule has 0 fully saturated rings. The molecule has 0 radical (unpaired) electrons. The first-order valence-corrected chi connectivity index (χ1v) is 7.74. The van der Waals surface area contributed by atoms with Crippen molar-refractivity contribution in [2.45, 2.75) is 19.8 Å². The number of nitrogens with zero attached hydrogens (tertiary/aromatic N) is 1. The van der Waals surface area contributed by atoms with Crippen molar-refractivity contribution in [1.82, 2.24) is 9.97 Å². The van der Waals surface area contributed by atoms with Gasteiger partial charge in [-0.15, -0.1) is 0 Å². The van der Waals surface area contributed by atoms with Gasteiger partial charge in [-0.1, -0.05) is 24.3 Å². The summed E-state index contributed by atoms with van der Waals surface area (Å²) in [7, 11) is 1.61. The average molecular weight is 322 g/mol. The Kier molecular flexibility index (Phi) is 4.42. The Hall–Kier alpha value is -2.95. The van der Waals surface area contributed by atoms with Crippen LogP contribution in [0.4, 0.5) is 0 Å². The number of fused-ring (bicyclic) bond motifs is 1. The number of ketones is 1. The second-order valence-electron chi connectivity index (χ2n) is 5.66. The molecular weight excluding hydrogens is 304 g/mol. The Balaban J connectivity index is 1.83. The summed E-state index contributed by atoms with van der Waals surface area (Å²) >= 11 is 0. The van der Waals surface area contributed by atoms with Gasteiger partial charge in [-0.05, 0) is 42.7 Å². The molecule has 0 saturated heterocycles. The molecule has 3 aromatic rings. The number of aromatic amines is 1. The van der Waals surface area contributed by atoms with Crippen LogP contribution in [0.25, 0.3) is 10.9 Å². The number of para-hydroxylation sites is 1. The number of rotatable bonds is 5. The molecule has 5 heteroatoms. The number of ether oxygens (including phenoxy) is 1. The van der Waals surface area contributed by atoms with E-state index in [1.807, 2.05) is 37.3 Å². The number of benzene rings is 2. The maximum absolute atomic E-state index is 12.4. The number of methoxy groups -OCH3 is 1. The van der Waals surface area contributed by atoms with E-state index in [4.69, 9.17) is 4.74 Å². The van der Waals surface area contributed by atoms with Crippen molar-refractivity contribution in [3.05, 3.63) is 69.8 Å². The van der Waals surface area contributed by atoms with Crippen molar-refractivity contribution < 1.29 is 9.53 Å². The lowest BCUT2D eigenvalue weighted by Gasteiger charge is -2.06. The Labute approximate surface area is 139 Å². The first-order chi connectivity index (χ1) is 11.6. The van der Waals surface area contributed by atoms with Gasteiger partial charge in [-0.2, -0.15) is 0 Å². The van der Waals surface area contributed by atoms with Crippen molar-refractivity contribution in [2.24, 2.45) is 0 Å². The van der Waals surface area contributed by atoms with Crippen molar-refractivity contribution >= 4 is 16.7 Å². The molecule has 1 heterocycles. The van der Waals surface area contributed by atoms with Gasteiger partial charge in [0.2, 0.25) is 0 Å². The van der Waals surface area contributed by atoms with Crippen LogP contribution in [-0.2, 0) is 6.42 Å². The third-order valence-electron chi connectivity index (χ3n) is 3.98. The first kappa shape index (κ1) is 15.9. The summed E-state index contributed by atoms with van der Waals surface area (Å²) in [5.74, 6) is 0.692. The van der Waals surface area contributed by atoms with Crippen LogP contribution in [-0.4, -0.2) is 22.9 Å². The predicted octanol–water partition coefficient (Wildman–Crippen LogP) is 3.06. The van der Waals surface area contributed by atoms with E-state index in [-0.39, 0.29) is 23.6 Å². The van der Waals surface area contributed by atoms with Gasteiger partial charge in [0.25, 0.3) is 5.56 Å². The molecule has 0 saturated carbocycles. The summed E-state index contributed by atoms with van der Waals surface area (Å²) < 4.78 is 5.18. The summed E-state index contributed by atoms with van der Waals surface area (Å²) in [6, 6.07) is 13.0. The lowest BCUT2D eigenvalue weighted by Crippen LogP contribution is -2.16. The van der Waals surface area contributed by atoms with Crippen molar-refractivity contribution in [3.63, 3.8) is 0 Å². The standard InChI is InChI=1S/C19H18N2O3/c1-12-5-3-8-15-17(12)20-18(21-19(15)23)16(22)10-9-13-6-4-7-14(11-13)24-2/h3-8,11H,9-10H2,1-2H3,(H,20,21,23). The molecule has 122 valence electrons. The van der Waals surface area contributed by atoms with Crippen molar-refractivity contribution in [1.29, 1.82) is 0 Å². The Bertz CT molecular complexity index is 960. The molecular formula is C19H18N2O3. The molecule has 5 nitrogen and oxygen atoms in total. The molecule has 24 heavy (non-hydrogen) atoms. The number of carbonyl (C=O) groups excluding carboxylic acids is 1. The minimum atomic E-state index is -0.284. The van der Waals surface area contributed by atoms with Crippen LogP contribution in [0.2, 0.25) is 0 Å². The van der Waals surface area contributed by atoms with Crippen LogP contribution in [0.15, 0.2) is 47.3 Å². The maximum atomic E-state index is 12.4. The van der Waals surface area contributed by atoms with Gasteiger partial charge in [-0.25, -0.2) is 4.98 Å². The fraction of sp³-hybridized carbons (Fsp3) is 0.211. The van der Waals surface area contributed by atoms with Crippen LogP contribution in [0.3, 0.4) is 0 Å². The van der Waals surface area contributed by atoms with Crippen LogP contribution in [0.1, 0.15) is 28.2 Å². The molecule has 3 rings (SSSR count). The van der Waals surface area contributed by atoms with Gasteiger partial charge in [0.15, 0.2) is 11.6 Å². The lowest BCUT2D eigenvalue weighted by atomic mass is 10.1. The maximum Gasteiger partial charge on any atom is 0.259 e. The first-order valence-electron chi connectivity index (χ1n) is 7.74. The molecule has 1 aromatic heterocycles. The highest BCUT2D eigenvalue weighted by Crippen LogP contribution is 2.16. The van der Waals surface area contributed by atoms with E-state index >= 15 is 0 Å². The normalized spacial score (nSPS) is 10.8. The minimum absolute atomic E-state index is 0.115. The summed E-state index contributed by atoms with van der Waals surface area (Å²) in [4.78, 5) is 31.5. The van der Waals surface area contributed by atoms with Gasteiger partial charge < -0.3 is 9.72 Å². The lowest BCUT2D eigenvalue weighted by molar-refractivity contribution is 0.0973. The molecule has 2 aromatic carbocycles. The second kappa shape index (κ2) is 6.66. The molecule has 1 N–H and O–H groups in total. The zero-order valence-electron chi connectivity index (χ0n) is 13.6. The van der Waals surface area contributed by atoms with E-state index in [9.17, 15) is 9.59 Å². The fourth-order valence-electron chi connectivity index (χ4n) is 2.64. The van der Waals surface area contributed by atoms with Crippen molar-refractivity contribution in [2.75, 3.05) is 7.11 Å². The number of Topliss-reactive ketones (excluding diaryl/α,β-unsaturated/α-hetero) is 1. The number of aryl methyl sites for hydroxylation is 2. The second-order valence-corrected chi connectivity index (χ2v) is 5.66. The monoisotopic (exact) mass is 322 g/mol. The molecule has 0 aliphatic carbocycles. The van der Waals surface area contributed by atoms with Gasteiger partial charge >= 0.3 is 0 Å². The van der Waals surface area contributed by atoms with Crippen LogP contribution in [0.5, 0.6) is 5.75 Å². The smallest absolute Gasteiger partial charge is 0.259 e. The van der Waals surface area contributed by atoms with E-state index in [2.05, 4.69) is 9.97 Å². The number of H-pyrrole nitrogens is 1. The quantitative estimate of drug-likeness (QED) is 0.733. The molecule has 0 spiro atoms. The molecule has 0 aliphatic rings. The summed E-state index contributed by atoms with van der Waals surface area (Å²) in [5.41, 5.74) is 2.17. The van der Waals surface area contributed by atoms with Gasteiger partial charge in [0.05, 0.1) is 18.0 Å². The number of carbonyl (C=O) groups is 1. The number of hydrogen-bond donors (Lipinski definition) is 1. The minimum Gasteiger partial charge on any atom is -0.497 e. The van der Waals surface area contributed by atoms with Crippen LogP contribution >= 0.6 is 0 Å². The third kappa shape index (κ3) is 3.20. The van der Waals surface area contributed by atoms with Gasteiger partial charge in [-0.3, -0.25) is 9.59 Å². The topological polar surface area (TPSA) is 72.0 Å². The van der Waals surface area contributed by atoms with Crippen molar-refractivity contribution in [3.8, 4) is 5.75 Å². The Morgan fingerprint density at radius 1 is 1.21 bits per heavy atom. The molecule has 0 bridgehead atoms. The molecule has 0 atom stereocenters. The van der Waals surface area contributed by atoms with E-state index in [1.54, 1.807) is 19.2 Å². The van der Waals surface area contributed by atoms with E-state index in [0.29, 0.717) is 17.3 Å². The number of hydrogen-bond acceptors (Lipinski definition) is 4. The Morgan fingerprint density at radius 2 is 2.00 bits per heavy atom. The number of nitrogens with one attached hydrogen (secondary N) is 1. The van der Waals surface area contributed by atoms with Crippen LogP contribution in [0, 0.1) is 6.92 Å². The molecule has 0 aliphatic heterocycles. The van der Waals surface area contributed by atoms with E-state index in [0.717, 1.165) is 16.9 Å². The zero-order chi connectivity index (χ0) is 17.1. The fourth-order valence-corrected chi connectivity index (χ4v) is 2.64. The van der Waals surface area contributed by atoms with Crippen LogP contribution < -0.4 is 10.3 Å². The third-order valence-corrected chi connectivity index (χ3v) is 3.98. The summed E-state index contributed by atoms with van der Waals surface area (Å²) in [6.45, 7) is 1.87. The molecule has 0 amide bonds. The summed E-state index contributed by atoms with van der Waals surface area (Å²) in [6.07, 6.45) is 0.832. The average Bonchev–Trinajstić information content (AvgIpc) is 2.60. The highest BCUT2D eigenvalue weighted by molar-refractivity contribution is 5.94. The SMILES string of the molecule is COc1cccc(CCC(=O)c2nc3c(C)cccc3c(=O)[nH]2)c1.